The number of thioether (sulfide) groups is 1. The Hall–Kier alpha value is -2.15. The molecule has 2 rings (SSSR count). The lowest BCUT2D eigenvalue weighted by atomic mass is 10.2. The van der Waals surface area contributed by atoms with Crippen molar-refractivity contribution in [1.29, 1.82) is 0 Å². The first kappa shape index (κ1) is 13.3. The molecule has 0 aliphatic rings. The molecule has 2 aromatic rings. The van der Waals surface area contributed by atoms with Crippen molar-refractivity contribution in [2.45, 2.75) is 5.16 Å². The van der Waals surface area contributed by atoms with Gasteiger partial charge in [-0.3, -0.25) is 14.9 Å². The van der Waals surface area contributed by atoms with Crippen LogP contribution in [0.4, 0.5) is 0 Å². The van der Waals surface area contributed by atoms with Gasteiger partial charge >= 0.3 is 0 Å². The van der Waals surface area contributed by atoms with Gasteiger partial charge in [0.15, 0.2) is 5.16 Å². The van der Waals surface area contributed by atoms with Crippen LogP contribution in [0.1, 0.15) is 10.4 Å². The molecule has 2 amide bonds. The van der Waals surface area contributed by atoms with Crippen molar-refractivity contribution < 1.29 is 9.59 Å². The van der Waals surface area contributed by atoms with E-state index in [1.54, 1.807) is 42.2 Å². The fourth-order valence-corrected chi connectivity index (χ4v) is 2.05. The van der Waals surface area contributed by atoms with Gasteiger partial charge in [0.25, 0.3) is 5.91 Å². The molecule has 1 heterocycles. The van der Waals surface area contributed by atoms with Crippen LogP contribution in [0, 0.1) is 0 Å². The molecular formula is C12H12N4O2S. The van der Waals surface area contributed by atoms with Gasteiger partial charge in [0.05, 0.1) is 5.75 Å². The molecular weight excluding hydrogens is 264 g/mol. The summed E-state index contributed by atoms with van der Waals surface area (Å²) in [6, 6.07) is 8.60. The second kappa shape index (κ2) is 6.14. The molecule has 0 bridgehead atoms. The summed E-state index contributed by atoms with van der Waals surface area (Å²) < 4.78 is 1.71. The zero-order chi connectivity index (χ0) is 13.7. The van der Waals surface area contributed by atoms with E-state index in [4.69, 9.17) is 0 Å². The quantitative estimate of drug-likeness (QED) is 0.838. The third kappa shape index (κ3) is 3.65. The molecule has 19 heavy (non-hydrogen) atoms. The average molecular weight is 276 g/mol. The summed E-state index contributed by atoms with van der Waals surface area (Å²) in [4.78, 5) is 23.3. The van der Waals surface area contributed by atoms with E-state index in [1.807, 2.05) is 6.07 Å². The van der Waals surface area contributed by atoms with Crippen LogP contribution in [-0.4, -0.2) is 32.3 Å². The maximum atomic E-state index is 11.7. The van der Waals surface area contributed by atoms with E-state index < -0.39 is 5.91 Å². The van der Waals surface area contributed by atoms with Crippen molar-refractivity contribution in [3.05, 3.63) is 42.2 Å². The van der Waals surface area contributed by atoms with Crippen LogP contribution >= 0.6 is 11.8 Å². The van der Waals surface area contributed by atoms with Gasteiger partial charge in [0.2, 0.25) is 5.91 Å². The first-order valence-corrected chi connectivity index (χ1v) is 6.51. The number of carbonyl (C=O) groups excluding carboxylic acids is 2. The predicted octanol–water partition coefficient (Wildman–Crippen LogP) is 0.864. The van der Waals surface area contributed by atoms with Gasteiger partial charge in [-0.05, 0) is 12.1 Å². The predicted molar refractivity (Wildman–Crippen MR) is 70.6 cm³/mol. The van der Waals surface area contributed by atoms with Crippen molar-refractivity contribution in [2.24, 2.45) is 7.05 Å². The molecule has 0 radical (unpaired) electrons. The molecule has 1 aromatic heterocycles. The Labute approximate surface area is 114 Å². The highest BCUT2D eigenvalue weighted by molar-refractivity contribution is 7.99. The highest BCUT2D eigenvalue weighted by atomic mass is 32.2. The first-order valence-electron chi connectivity index (χ1n) is 5.53. The summed E-state index contributed by atoms with van der Waals surface area (Å²) in [5.41, 5.74) is 0.458. The van der Waals surface area contributed by atoms with Crippen molar-refractivity contribution in [3.8, 4) is 0 Å². The zero-order valence-electron chi connectivity index (χ0n) is 10.2. The number of imide groups is 1. The number of aromatic nitrogens is 3. The van der Waals surface area contributed by atoms with E-state index in [-0.39, 0.29) is 11.7 Å². The second-order valence-corrected chi connectivity index (χ2v) is 4.70. The van der Waals surface area contributed by atoms with Crippen LogP contribution in [0.3, 0.4) is 0 Å². The summed E-state index contributed by atoms with van der Waals surface area (Å²) in [6.45, 7) is 0. The van der Waals surface area contributed by atoms with E-state index in [0.717, 1.165) is 0 Å². The fraction of sp³-hybridized carbons (Fsp3) is 0.167. The van der Waals surface area contributed by atoms with Crippen LogP contribution < -0.4 is 5.32 Å². The molecule has 0 aliphatic carbocycles. The smallest absolute Gasteiger partial charge is 0.257 e. The third-order valence-corrected chi connectivity index (χ3v) is 3.33. The van der Waals surface area contributed by atoms with Gasteiger partial charge in [0, 0.05) is 12.6 Å². The number of hydrogen-bond donors (Lipinski definition) is 1. The van der Waals surface area contributed by atoms with Crippen molar-refractivity contribution in [1.82, 2.24) is 20.1 Å². The highest BCUT2D eigenvalue weighted by Gasteiger charge is 2.11. The SMILES string of the molecule is Cn1cnnc1SCC(=O)NC(=O)c1ccccc1. The molecule has 98 valence electrons. The number of amides is 2. The molecule has 7 heteroatoms. The number of aryl methyl sites for hydroxylation is 1. The maximum absolute atomic E-state index is 11.7. The molecule has 0 saturated carbocycles. The molecule has 0 aliphatic heterocycles. The van der Waals surface area contributed by atoms with Gasteiger partial charge in [-0.1, -0.05) is 30.0 Å². The molecule has 0 unspecified atom stereocenters. The number of nitrogens with one attached hydrogen (secondary N) is 1. The number of hydrogen-bond acceptors (Lipinski definition) is 5. The highest BCUT2D eigenvalue weighted by Crippen LogP contribution is 2.12. The number of carbonyl (C=O) groups is 2. The van der Waals surface area contributed by atoms with Crippen molar-refractivity contribution in [2.75, 3.05) is 5.75 Å². The van der Waals surface area contributed by atoms with Crippen LogP contribution in [0.5, 0.6) is 0 Å². The molecule has 0 fully saturated rings. The summed E-state index contributed by atoms with van der Waals surface area (Å²) in [6.07, 6.45) is 1.55. The standard InChI is InChI=1S/C12H12N4O2S/c1-16-8-13-15-12(16)19-7-10(17)14-11(18)9-5-3-2-4-6-9/h2-6,8H,7H2,1H3,(H,14,17,18). The Balaban J connectivity index is 1.85. The van der Waals surface area contributed by atoms with Crippen LogP contribution in [0.25, 0.3) is 0 Å². The summed E-state index contributed by atoms with van der Waals surface area (Å²) in [5, 5.41) is 10.5. The Morgan fingerprint density at radius 3 is 2.68 bits per heavy atom. The van der Waals surface area contributed by atoms with Gasteiger partial charge in [-0.15, -0.1) is 10.2 Å². The van der Waals surface area contributed by atoms with Crippen LogP contribution in [0.15, 0.2) is 41.8 Å². The van der Waals surface area contributed by atoms with E-state index >= 15 is 0 Å². The summed E-state index contributed by atoms with van der Waals surface area (Å²) in [5.74, 6) is -0.642. The first-order chi connectivity index (χ1) is 9.16. The monoisotopic (exact) mass is 276 g/mol. The van der Waals surface area contributed by atoms with E-state index in [2.05, 4.69) is 15.5 Å². The minimum Gasteiger partial charge on any atom is -0.312 e. The van der Waals surface area contributed by atoms with Crippen LogP contribution in [0.2, 0.25) is 0 Å². The van der Waals surface area contributed by atoms with E-state index in [1.165, 1.54) is 11.8 Å². The number of rotatable bonds is 4. The molecule has 0 spiro atoms. The molecule has 1 N–H and O–H groups in total. The van der Waals surface area contributed by atoms with Gasteiger partial charge < -0.3 is 4.57 Å². The molecule has 6 nitrogen and oxygen atoms in total. The minimum atomic E-state index is -0.399. The zero-order valence-corrected chi connectivity index (χ0v) is 11.1. The Morgan fingerprint density at radius 1 is 1.32 bits per heavy atom. The fourth-order valence-electron chi connectivity index (χ4n) is 1.36. The summed E-state index contributed by atoms with van der Waals surface area (Å²) in [7, 11) is 1.79. The lowest BCUT2D eigenvalue weighted by molar-refractivity contribution is -0.117. The largest absolute Gasteiger partial charge is 0.312 e. The van der Waals surface area contributed by atoms with E-state index in [0.29, 0.717) is 10.7 Å². The van der Waals surface area contributed by atoms with Crippen molar-refractivity contribution >= 4 is 23.6 Å². The van der Waals surface area contributed by atoms with Gasteiger partial charge in [-0.2, -0.15) is 0 Å². The van der Waals surface area contributed by atoms with Gasteiger partial charge in [0.1, 0.15) is 6.33 Å². The normalized spacial score (nSPS) is 10.2. The van der Waals surface area contributed by atoms with E-state index in [9.17, 15) is 9.59 Å². The Morgan fingerprint density at radius 2 is 2.05 bits per heavy atom. The lowest BCUT2D eigenvalue weighted by Crippen LogP contribution is -2.31. The Kier molecular flexibility index (Phi) is 4.30. The lowest BCUT2D eigenvalue weighted by Gasteiger charge is -2.03. The number of benzene rings is 1. The van der Waals surface area contributed by atoms with Crippen molar-refractivity contribution in [3.63, 3.8) is 0 Å². The number of nitrogens with zero attached hydrogens (tertiary/aromatic N) is 3. The molecule has 0 atom stereocenters. The third-order valence-electron chi connectivity index (χ3n) is 2.29. The Bertz CT molecular complexity index is 582. The van der Waals surface area contributed by atoms with Gasteiger partial charge in [-0.25, -0.2) is 0 Å². The second-order valence-electron chi connectivity index (χ2n) is 3.76. The van der Waals surface area contributed by atoms with Crippen LogP contribution in [-0.2, 0) is 11.8 Å². The maximum Gasteiger partial charge on any atom is 0.257 e. The molecule has 1 aromatic carbocycles. The summed E-state index contributed by atoms with van der Waals surface area (Å²) >= 11 is 1.22. The topological polar surface area (TPSA) is 76.9 Å². The minimum absolute atomic E-state index is 0.116. The molecule has 0 saturated heterocycles. The average Bonchev–Trinajstić information content (AvgIpc) is 2.83.